The molecule has 1 aliphatic carbocycles. The first kappa shape index (κ1) is 17.7. The van der Waals surface area contributed by atoms with E-state index in [-0.39, 0.29) is 35.4 Å². The maximum Gasteiger partial charge on any atom is 0.352 e. The summed E-state index contributed by atoms with van der Waals surface area (Å²) in [7, 11) is 0. The number of nitrogens with zero attached hydrogens (tertiary/aromatic N) is 2. The highest BCUT2D eigenvalue weighted by molar-refractivity contribution is 8.00. The lowest BCUT2D eigenvalue weighted by atomic mass is 10.0. The summed E-state index contributed by atoms with van der Waals surface area (Å²) < 4.78 is 4.88. The van der Waals surface area contributed by atoms with Gasteiger partial charge in [0.15, 0.2) is 0 Å². The highest BCUT2D eigenvalue weighted by Gasteiger charge is 2.55. The monoisotopic (exact) mass is 381 g/mol. The number of esters is 1. The van der Waals surface area contributed by atoms with Crippen molar-refractivity contribution in [1.82, 2.24) is 10.2 Å². The van der Waals surface area contributed by atoms with E-state index >= 15 is 0 Å². The summed E-state index contributed by atoms with van der Waals surface area (Å²) in [5, 5.41) is 20.9. The zero-order valence-corrected chi connectivity index (χ0v) is 14.9. The number of aliphatic carboxylic acids is 1. The topological polar surface area (TPSA) is 120 Å². The number of β-lactam (4-membered cyclic amide) rings is 1. The van der Waals surface area contributed by atoms with Crippen LogP contribution >= 0.6 is 24.0 Å². The van der Waals surface area contributed by atoms with Crippen molar-refractivity contribution in [3.05, 3.63) is 11.3 Å². The maximum absolute atomic E-state index is 12.4. The normalized spacial score (nSPS) is 29.9. The van der Waals surface area contributed by atoms with Gasteiger partial charge in [-0.25, -0.2) is 4.79 Å². The Bertz CT molecular complexity index is 744. The summed E-state index contributed by atoms with van der Waals surface area (Å²) in [6, 6.07) is 1.55. The van der Waals surface area contributed by atoms with Crippen molar-refractivity contribution in [3.8, 4) is 6.07 Å². The fourth-order valence-corrected chi connectivity index (χ4v) is 4.59. The molecule has 10 heteroatoms. The predicted octanol–water partition coefficient (Wildman–Crippen LogP) is 0.249. The van der Waals surface area contributed by atoms with Crippen LogP contribution in [0.25, 0.3) is 0 Å². The molecule has 0 aromatic carbocycles. The fraction of sp³-hybridized carbons (Fsp3) is 0.533. The van der Waals surface area contributed by atoms with E-state index in [0.717, 1.165) is 0 Å². The number of carboxylic acid groups (broad SMARTS) is 1. The molecule has 3 rings (SSSR count). The number of carbonyl (C=O) groups excluding carboxylic acids is 2. The third-order valence-electron chi connectivity index (χ3n) is 4.29. The molecule has 1 amide bonds. The molecule has 0 spiro atoms. The van der Waals surface area contributed by atoms with Crippen LogP contribution in [0.5, 0.6) is 0 Å². The van der Waals surface area contributed by atoms with E-state index < -0.39 is 18.0 Å². The number of thioether (sulfide) groups is 1. The van der Waals surface area contributed by atoms with Gasteiger partial charge in [0.1, 0.15) is 23.7 Å². The molecular formula is C15H15N3O5S2. The number of hydrogen-bond acceptors (Lipinski definition) is 7. The average molecular weight is 381 g/mol. The standard InChI is InChI=1S/C15H15N3O5S2/c1-6(19)23-4-8-5-25-14-10(13(20)18(14)11(8)15(21)22)17-12(24)9-2-7(9)3-16/h7,9-10,14H,2,4-5H2,1H3,(H,17,24)(H,21,22)/t7-,9-,10+,14+/m0/s1. The number of amides is 1. The Labute approximate surface area is 153 Å². The zero-order chi connectivity index (χ0) is 18.3. The summed E-state index contributed by atoms with van der Waals surface area (Å²) >= 11 is 6.65. The van der Waals surface area contributed by atoms with E-state index in [1.807, 2.05) is 0 Å². The largest absolute Gasteiger partial charge is 0.477 e. The number of nitriles is 1. The van der Waals surface area contributed by atoms with E-state index in [1.165, 1.54) is 23.6 Å². The van der Waals surface area contributed by atoms with Gasteiger partial charge in [-0.1, -0.05) is 12.2 Å². The first-order chi connectivity index (χ1) is 11.8. The molecule has 0 aromatic heterocycles. The van der Waals surface area contributed by atoms with Crippen molar-refractivity contribution in [2.75, 3.05) is 12.4 Å². The van der Waals surface area contributed by atoms with Crippen LogP contribution in [0, 0.1) is 23.2 Å². The van der Waals surface area contributed by atoms with Crippen LogP contribution in [0.15, 0.2) is 11.3 Å². The third-order valence-corrected chi connectivity index (χ3v) is 6.05. The van der Waals surface area contributed by atoms with Crippen LogP contribution in [0.2, 0.25) is 0 Å². The van der Waals surface area contributed by atoms with Crippen LogP contribution in [-0.4, -0.2) is 56.6 Å². The summed E-state index contributed by atoms with van der Waals surface area (Å²) in [5.41, 5.74) is 0.269. The lowest BCUT2D eigenvalue weighted by molar-refractivity contribution is -0.148. The molecule has 2 N–H and O–H groups in total. The third kappa shape index (κ3) is 3.21. The van der Waals surface area contributed by atoms with E-state index in [2.05, 4.69) is 11.4 Å². The molecule has 0 radical (unpaired) electrons. The summed E-state index contributed by atoms with van der Waals surface area (Å²) in [6.07, 6.45) is 0.692. The van der Waals surface area contributed by atoms with E-state index in [1.54, 1.807) is 0 Å². The molecule has 3 aliphatic rings. The summed E-state index contributed by atoms with van der Waals surface area (Å²) in [6.45, 7) is 1.09. The van der Waals surface area contributed by atoms with Gasteiger partial charge in [-0.2, -0.15) is 5.26 Å². The average Bonchev–Trinajstić information content (AvgIpc) is 3.36. The molecule has 1 saturated carbocycles. The number of rotatable bonds is 5. The lowest BCUT2D eigenvalue weighted by Crippen LogP contribution is -2.70. The van der Waals surface area contributed by atoms with Gasteiger partial charge < -0.3 is 15.2 Å². The van der Waals surface area contributed by atoms with Crippen LogP contribution in [-0.2, 0) is 19.1 Å². The van der Waals surface area contributed by atoms with E-state index in [0.29, 0.717) is 22.7 Å². The van der Waals surface area contributed by atoms with E-state index in [4.69, 9.17) is 22.2 Å². The van der Waals surface area contributed by atoms with Gasteiger partial charge in [0, 0.05) is 24.2 Å². The molecule has 2 fully saturated rings. The molecule has 4 atom stereocenters. The Morgan fingerprint density at radius 3 is 2.84 bits per heavy atom. The second-order valence-electron chi connectivity index (χ2n) is 6.01. The molecule has 8 nitrogen and oxygen atoms in total. The first-order valence-corrected chi connectivity index (χ1v) is 9.04. The van der Waals surface area contributed by atoms with Crippen molar-refractivity contribution in [3.63, 3.8) is 0 Å². The first-order valence-electron chi connectivity index (χ1n) is 7.58. The Balaban J connectivity index is 1.71. The fourth-order valence-electron chi connectivity index (χ4n) is 2.87. The van der Waals surface area contributed by atoms with Crippen molar-refractivity contribution in [2.45, 2.75) is 24.8 Å². The highest BCUT2D eigenvalue weighted by Crippen LogP contribution is 2.42. The minimum absolute atomic E-state index is 0.0237. The Kier molecular flexibility index (Phi) is 4.71. The van der Waals surface area contributed by atoms with Crippen LogP contribution in [0.3, 0.4) is 0 Å². The second kappa shape index (κ2) is 6.65. The number of carboxylic acids is 1. The van der Waals surface area contributed by atoms with Crippen LogP contribution in [0.1, 0.15) is 13.3 Å². The van der Waals surface area contributed by atoms with Gasteiger partial charge in [-0.05, 0) is 6.42 Å². The van der Waals surface area contributed by atoms with Crippen LogP contribution < -0.4 is 5.32 Å². The van der Waals surface area contributed by atoms with Gasteiger partial charge >= 0.3 is 11.9 Å². The Morgan fingerprint density at radius 1 is 1.56 bits per heavy atom. The number of fused-ring (bicyclic) bond motifs is 1. The van der Waals surface area contributed by atoms with Crippen LogP contribution in [0.4, 0.5) is 0 Å². The molecule has 0 aromatic rings. The van der Waals surface area contributed by atoms with Gasteiger partial charge in [-0.15, -0.1) is 11.8 Å². The van der Waals surface area contributed by atoms with Gasteiger partial charge in [0.2, 0.25) is 0 Å². The number of nitrogens with one attached hydrogen (secondary N) is 1. The molecule has 1 saturated heterocycles. The maximum atomic E-state index is 12.4. The highest BCUT2D eigenvalue weighted by atomic mass is 32.2. The van der Waals surface area contributed by atoms with Crippen molar-refractivity contribution in [2.24, 2.45) is 11.8 Å². The molecular weight excluding hydrogens is 366 g/mol. The number of ether oxygens (including phenoxy) is 1. The number of thiocarbonyl (C=S) groups is 1. The smallest absolute Gasteiger partial charge is 0.352 e. The molecule has 132 valence electrons. The SMILES string of the molecule is CC(=O)OCC1=C(C(=O)O)N2C(=O)[C@@H](NC(=S)[C@H]3C[C@H]3C#N)[C@H]2SC1. The Hall–Kier alpha value is -2.12. The second-order valence-corrected chi connectivity index (χ2v) is 7.56. The summed E-state index contributed by atoms with van der Waals surface area (Å²) in [4.78, 5) is 36.7. The molecule has 25 heavy (non-hydrogen) atoms. The molecule has 2 heterocycles. The molecule has 0 bridgehead atoms. The quantitative estimate of drug-likeness (QED) is 0.392. The van der Waals surface area contributed by atoms with Gasteiger partial charge in [0.05, 0.1) is 17.0 Å². The van der Waals surface area contributed by atoms with Crippen molar-refractivity contribution >= 4 is 46.8 Å². The van der Waals surface area contributed by atoms with Gasteiger partial charge in [0.25, 0.3) is 5.91 Å². The minimum Gasteiger partial charge on any atom is -0.477 e. The van der Waals surface area contributed by atoms with E-state index in [9.17, 15) is 19.5 Å². The Morgan fingerprint density at radius 2 is 2.28 bits per heavy atom. The van der Waals surface area contributed by atoms with Crippen molar-refractivity contribution in [1.29, 1.82) is 5.26 Å². The minimum atomic E-state index is -1.23. The van der Waals surface area contributed by atoms with Gasteiger partial charge in [-0.3, -0.25) is 14.5 Å². The lowest BCUT2D eigenvalue weighted by Gasteiger charge is -2.49. The predicted molar refractivity (Wildman–Crippen MR) is 91.1 cm³/mol. The molecule has 2 aliphatic heterocycles. The number of carbonyl (C=O) groups is 3. The summed E-state index contributed by atoms with van der Waals surface area (Å²) in [5.74, 6) is -1.90. The number of hydrogen-bond donors (Lipinski definition) is 2. The molecule has 0 unspecified atom stereocenters. The van der Waals surface area contributed by atoms with Crippen molar-refractivity contribution < 1.29 is 24.2 Å². The zero-order valence-electron chi connectivity index (χ0n) is 13.2.